The molecular weight excluding hydrogens is 496 g/mol. The first-order valence-corrected chi connectivity index (χ1v) is 13.3. The van der Waals surface area contributed by atoms with Crippen molar-refractivity contribution < 1.29 is 24.1 Å². The van der Waals surface area contributed by atoms with Crippen molar-refractivity contribution in [3.63, 3.8) is 0 Å². The van der Waals surface area contributed by atoms with E-state index < -0.39 is 5.60 Å². The maximum absolute atomic E-state index is 12.3. The zero-order valence-corrected chi connectivity index (χ0v) is 23.6. The van der Waals surface area contributed by atoms with Crippen LogP contribution >= 0.6 is 0 Å². The predicted molar refractivity (Wildman–Crippen MR) is 149 cm³/mol. The number of β-amino-alcohol motifs (C(OH)–C–C–N with tert-alkyl or cyclic N) is 1. The first-order chi connectivity index (χ1) is 18.6. The topological polar surface area (TPSA) is 89.3 Å². The Morgan fingerprint density at radius 3 is 2.54 bits per heavy atom. The molecule has 1 fully saturated rings. The van der Waals surface area contributed by atoms with E-state index in [2.05, 4.69) is 16.9 Å². The van der Waals surface area contributed by atoms with E-state index in [0.29, 0.717) is 56.6 Å². The molecule has 9 nitrogen and oxygen atoms in total. The van der Waals surface area contributed by atoms with E-state index in [-0.39, 0.29) is 19.1 Å². The summed E-state index contributed by atoms with van der Waals surface area (Å²) in [4.78, 5) is 16.2. The molecule has 210 valence electrons. The molecule has 9 heteroatoms. The van der Waals surface area contributed by atoms with Crippen LogP contribution in [0.3, 0.4) is 0 Å². The highest BCUT2D eigenvalue weighted by molar-refractivity contribution is 5.73. The third-order valence-electron chi connectivity index (χ3n) is 7.09. The maximum atomic E-state index is 12.3. The van der Waals surface area contributed by atoms with E-state index in [4.69, 9.17) is 14.2 Å². The Hall–Kier alpha value is -3.56. The van der Waals surface area contributed by atoms with Gasteiger partial charge in [0, 0.05) is 39.3 Å². The van der Waals surface area contributed by atoms with Gasteiger partial charge in [-0.25, -0.2) is 0 Å². The number of hydrogen-bond acceptors (Lipinski definition) is 7. The minimum absolute atomic E-state index is 0.0611. The molecule has 1 aliphatic heterocycles. The van der Waals surface area contributed by atoms with Gasteiger partial charge in [-0.3, -0.25) is 14.4 Å². The second-order valence-electron chi connectivity index (χ2n) is 10.5. The summed E-state index contributed by atoms with van der Waals surface area (Å²) in [5.74, 6) is 1.97. The molecule has 0 radical (unpaired) electrons. The molecule has 1 saturated heterocycles. The van der Waals surface area contributed by atoms with Crippen LogP contribution in [-0.2, 0) is 17.9 Å². The van der Waals surface area contributed by atoms with Crippen LogP contribution in [0.1, 0.15) is 29.2 Å². The van der Waals surface area contributed by atoms with Crippen LogP contribution in [0.5, 0.6) is 17.2 Å². The minimum Gasteiger partial charge on any atom is -0.493 e. The number of carbonyl (C=O) groups is 1. The minimum atomic E-state index is -1.23. The van der Waals surface area contributed by atoms with Crippen molar-refractivity contribution in [1.29, 1.82) is 0 Å². The fourth-order valence-corrected chi connectivity index (χ4v) is 4.79. The van der Waals surface area contributed by atoms with Crippen molar-refractivity contribution in [1.82, 2.24) is 19.6 Å². The Bertz CT molecular complexity index is 1280. The number of benzene rings is 2. The SMILES string of the molecule is COc1ccc(CN2CCN(C(C)=O)C[C@@](O)(COc3ccc(C)c(C)c3)C2)cc1OCCn1cc(C)cn1. The van der Waals surface area contributed by atoms with Crippen molar-refractivity contribution in [3.8, 4) is 17.2 Å². The second-order valence-corrected chi connectivity index (χ2v) is 10.5. The van der Waals surface area contributed by atoms with Crippen molar-refractivity contribution in [2.75, 3.05) is 46.5 Å². The van der Waals surface area contributed by atoms with Gasteiger partial charge in [-0.2, -0.15) is 5.10 Å². The van der Waals surface area contributed by atoms with E-state index >= 15 is 0 Å². The molecular formula is C30H40N4O5. The molecule has 1 N–H and O–H groups in total. The Morgan fingerprint density at radius 1 is 1.03 bits per heavy atom. The molecule has 39 heavy (non-hydrogen) atoms. The van der Waals surface area contributed by atoms with Crippen molar-refractivity contribution in [2.45, 2.75) is 46.4 Å². The predicted octanol–water partition coefficient (Wildman–Crippen LogP) is 3.37. The number of methoxy groups -OCH3 is 1. The highest BCUT2D eigenvalue weighted by Crippen LogP contribution is 2.29. The lowest BCUT2D eigenvalue weighted by molar-refractivity contribution is -0.132. The van der Waals surface area contributed by atoms with Crippen LogP contribution in [0.25, 0.3) is 0 Å². The molecule has 2 heterocycles. The van der Waals surface area contributed by atoms with Crippen LogP contribution in [0.2, 0.25) is 0 Å². The Morgan fingerprint density at radius 2 is 1.85 bits per heavy atom. The molecule has 1 aliphatic rings. The zero-order valence-electron chi connectivity index (χ0n) is 23.6. The van der Waals surface area contributed by atoms with Gasteiger partial charge in [-0.05, 0) is 67.3 Å². The number of carbonyl (C=O) groups excluding carboxylic acids is 1. The molecule has 0 spiro atoms. The highest BCUT2D eigenvalue weighted by atomic mass is 16.5. The molecule has 3 aromatic rings. The zero-order chi connectivity index (χ0) is 28.0. The van der Waals surface area contributed by atoms with E-state index in [1.807, 2.05) is 67.3 Å². The number of aromatic nitrogens is 2. The molecule has 1 amide bonds. The van der Waals surface area contributed by atoms with E-state index in [1.54, 1.807) is 12.0 Å². The molecule has 1 atom stereocenters. The second kappa shape index (κ2) is 12.5. The van der Waals surface area contributed by atoms with Crippen LogP contribution in [-0.4, -0.2) is 82.7 Å². The summed E-state index contributed by atoms with van der Waals surface area (Å²) in [6.07, 6.45) is 3.80. The van der Waals surface area contributed by atoms with Gasteiger partial charge in [-0.15, -0.1) is 0 Å². The molecule has 1 aromatic heterocycles. The van der Waals surface area contributed by atoms with Gasteiger partial charge in [0.2, 0.25) is 5.91 Å². The summed E-state index contributed by atoms with van der Waals surface area (Å²) in [6, 6.07) is 11.8. The third kappa shape index (κ3) is 7.74. The van der Waals surface area contributed by atoms with Crippen LogP contribution in [0.15, 0.2) is 48.8 Å². The summed E-state index contributed by atoms with van der Waals surface area (Å²) in [6.45, 7) is 11.1. The first-order valence-electron chi connectivity index (χ1n) is 13.3. The lowest BCUT2D eigenvalue weighted by Crippen LogP contribution is -2.51. The molecule has 4 rings (SSSR count). The molecule has 0 bridgehead atoms. The van der Waals surface area contributed by atoms with Crippen molar-refractivity contribution >= 4 is 5.91 Å². The monoisotopic (exact) mass is 536 g/mol. The average molecular weight is 537 g/mol. The number of ether oxygens (including phenoxy) is 3. The number of rotatable bonds is 10. The Kier molecular flexibility index (Phi) is 9.14. The van der Waals surface area contributed by atoms with Gasteiger partial charge in [-0.1, -0.05) is 12.1 Å². The molecule has 0 unspecified atom stereocenters. The van der Waals surface area contributed by atoms with E-state index in [0.717, 1.165) is 16.7 Å². The van der Waals surface area contributed by atoms with Crippen LogP contribution in [0.4, 0.5) is 0 Å². The molecule has 0 saturated carbocycles. The van der Waals surface area contributed by atoms with E-state index in [9.17, 15) is 9.90 Å². The number of amides is 1. The van der Waals surface area contributed by atoms with Gasteiger partial charge < -0.3 is 24.2 Å². The summed E-state index contributed by atoms with van der Waals surface area (Å²) in [5, 5.41) is 16.0. The third-order valence-corrected chi connectivity index (χ3v) is 7.09. The van der Waals surface area contributed by atoms with Crippen molar-refractivity contribution in [2.24, 2.45) is 0 Å². The Labute approximate surface area is 230 Å². The van der Waals surface area contributed by atoms with Gasteiger partial charge in [0.15, 0.2) is 11.5 Å². The number of hydrogen-bond donors (Lipinski definition) is 1. The largest absolute Gasteiger partial charge is 0.493 e. The standard InChI is InChI=1S/C30H40N4O5/c1-22-16-31-34(17-22)12-13-38-29-15-26(7-9-28(29)37-5)18-32-10-11-33(25(4)35)20-30(36,19-32)21-39-27-8-6-23(2)24(3)14-27/h6-9,14-17,36H,10-13,18-21H2,1-5H3/t30-/m1/s1. The summed E-state index contributed by atoms with van der Waals surface area (Å²) < 4.78 is 19.5. The fraction of sp³-hybridized carbons (Fsp3) is 0.467. The Balaban J connectivity index is 1.45. The number of aryl methyl sites for hydroxylation is 3. The number of nitrogens with zero attached hydrogens (tertiary/aromatic N) is 4. The lowest BCUT2D eigenvalue weighted by Gasteiger charge is -2.33. The lowest BCUT2D eigenvalue weighted by atomic mass is 10.0. The van der Waals surface area contributed by atoms with Gasteiger partial charge >= 0.3 is 0 Å². The quantitative estimate of drug-likeness (QED) is 0.425. The van der Waals surface area contributed by atoms with E-state index in [1.165, 1.54) is 12.5 Å². The van der Waals surface area contributed by atoms with Crippen molar-refractivity contribution in [3.05, 3.63) is 71.0 Å². The van der Waals surface area contributed by atoms with Gasteiger partial charge in [0.1, 0.15) is 24.6 Å². The molecule has 2 aromatic carbocycles. The fourth-order valence-electron chi connectivity index (χ4n) is 4.79. The average Bonchev–Trinajstić information content (AvgIpc) is 3.23. The first kappa shape index (κ1) is 28.4. The van der Waals surface area contributed by atoms with Gasteiger partial charge in [0.05, 0.1) is 26.4 Å². The smallest absolute Gasteiger partial charge is 0.219 e. The van der Waals surface area contributed by atoms with Crippen LogP contribution < -0.4 is 14.2 Å². The summed E-state index contributed by atoms with van der Waals surface area (Å²) >= 11 is 0. The number of aliphatic hydroxyl groups is 1. The normalized spacial score (nSPS) is 18.1. The van der Waals surface area contributed by atoms with Gasteiger partial charge in [0.25, 0.3) is 0 Å². The van der Waals surface area contributed by atoms with Crippen LogP contribution in [0, 0.1) is 20.8 Å². The maximum Gasteiger partial charge on any atom is 0.219 e. The summed E-state index contributed by atoms with van der Waals surface area (Å²) in [7, 11) is 1.62. The molecule has 0 aliphatic carbocycles. The summed E-state index contributed by atoms with van der Waals surface area (Å²) in [5.41, 5.74) is 3.21. The highest BCUT2D eigenvalue weighted by Gasteiger charge is 2.37.